The molecule has 2 heterocycles. The topological polar surface area (TPSA) is 40.7 Å². The van der Waals surface area contributed by atoms with E-state index < -0.39 is 0 Å². The zero-order valence-electron chi connectivity index (χ0n) is 11.6. The molecule has 4 heteroatoms. The summed E-state index contributed by atoms with van der Waals surface area (Å²) < 4.78 is 0.864. The molecule has 0 saturated heterocycles. The largest absolute Gasteiger partial charge is 0.375 e. The van der Waals surface area contributed by atoms with Crippen LogP contribution in [0.3, 0.4) is 0 Å². The number of halogens is 1. The fourth-order valence-electron chi connectivity index (χ4n) is 3.22. The molecule has 0 amide bonds. The number of pyridine rings is 1. The van der Waals surface area contributed by atoms with Crippen molar-refractivity contribution in [2.24, 2.45) is 0 Å². The van der Waals surface area contributed by atoms with E-state index in [1.165, 1.54) is 28.6 Å². The quantitative estimate of drug-likeness (QED) is 0.656. The maximum Gasteiger partial charge on any atom is 0.106 e. The first-order chi connectivity index (χ1) is 10.3. The van der Waals surface area contributed by atoms with Crippen molar-refractivity contribution in [1.82, 2.24) is 9.97 Å². The minimum absolute atomic E-state index is 0.337. The van der Waals surface area contributed by atoms with Gasteiger partial charge >= 0.3 is 0 Å². The molecule has 3 nitrogen and oxygen atoms in total. The average Bonchev–Trinajstić information content (AvgIpc) is 2.89. The molecule has 2 N–H and O–H groups in total. The van der Waals surface area contributed by atoms with Crippen molar-refractivity contribution in [2.45, 2.75) is 25.3 Å². The van der Waals surface area contributed by atoms with Crippen molar-refractivity contribution in [3.05, 3.63) is 58.5 Å². The van der Waals surface area contributed by atoms with Crippen molar-refractivity contribution >= 4 is 32.5 Å². The van der Waals surface area contributed by atoms with Crippen LogP contribution in [0.25, 0.3) is 10.9 Å². The Hall–Kier alpha value is -1.81. The predicted octanol–water partition coefficient (Wildman–Crippen LogP) is 4.81. The van der Waals surface area contributed by atoms with E-state index in [2.05, 4.69) is 61.5 Å². The fourth-order valence-corrected chi connectivity index (χ4v) is 3.46. The van der Waals surface area contributed by atoms with Crippen molar-refractivity contribution in [1.29, 1.82) is 0 Å². The lowest BCUT2D eigenvalue weighted by Crippen LogP contribution is -2.17. The Morgan fingerprint density at radius 2 is 2.10 bits per heavy atom. The van der Waals surface area contributed by atoms with Gasteiger partial charge in [0.05, 0.1) is 17.9 Å². The lowest BCUT2D eigenvalue weighted by molar-refractivity contribution is 0.592. The number of para-hydroxylation sites is 1. The van der Waals surface area contributed by atoms with Gasteiger partial charge in [-0.2, -0.15) is 0 Å². The zero-order valence-corrected chi connectivity index (χ0v) is 13.2. The highest BCUT2D eigenvalue weighted by Gasteiger charge is 2.23. The van der Waals surface area contributed by atoms with Crippen LogP contribution in [0, 0.1) is 0 Å². The first kappa shape index (κ1) is 12.9. The Kier molecular flexibility index (Phi) is 3.19. The molecule has 1 aliphatic rings. The SMILES string of the molecule is Brc1ccc(NC2CCCc3c2[nH]c2ccccc32)cn1. The second-order valence-corrected chi connectivity index (χ2v) is 6.33. The molecule has 2 aromatic heterocycles. The van der Waals surface area contributed by atoms with Crippen molar-refractivity contribution in [2.75, 3.05) is 5.32 Å². The molecule has 0 fully saturated rings. The Balaban J connectivity index is 1.71. The third-order valence-electron chi connectivity index (χ3n) is 4.18. The number of rotatable bonds is 2. The summed E-state index contributed by atoms with van der Waals surface area (Å²) in [4.78, 5) is 7.89. The normalized spacial score (nSPS) is 17.7. The molecule has 3 aromatic rings. The van der Waals surface area contributed by atoms with Crippen LogP contribution in [0.5, 0.6) is 0 Å². The highest BCUT2D eigenvalue weighted by molar-refractivity contribution is 9.10. The fraction of sp³-hybridized carbons (Fsp3) is 0.235. The second kappa shape index (κ2) is 5.19. The van der Waals surface area contributed by atoms with Crippen LogP contribution in [-0.2, 0) is 6.42 Å². The number of anilines is 1. The Morgan fingerprint density at radius 1 is 1.19 bits per heavy atom. The summed E-state index contributed by atoms with van der Waals surface area (Å²) >= 11 is 3.37. The minimum atomic E-state index is 0.337. The van der Waals surface area contributed by atoms with E-state index in [0.29, 0.717) is 6.04 Å². The number of aromatic nitrogens is 2. The molecule has 0 spiro atoms. The summed E-state index contributed by atoms with van der Waals surface area (Å²) in [5.41, 5.74) is 5.12. The number of nitrogens with zero attached hydrogens (tertiary/aromatic N) is 1. The number of fused-ring (bicyclic) bond motifs is 3. The number of nitrogens with one attached hydrogen (secondary N) is 2. The third-order valence-corrected chi connectivity index (χ3v) is 4.65. The zero-order chi connectivity index (χ0) is 14.2. The van der Waals surface area contributed by atoms with Gasteiger partial charge in [0.2, 0.25) is 0 Å². The van der Waals surface area contributed by atoms with Gasteiger partial charge in [-0.15, -0.1) is 0 Å². The minimum Gasteiger partial charge on any atom is -0.375 e. The van der Waals surface area contributed by atoms with Gasteiger partial charge < -0.3 is 10.3 Å². The van der Waals surface area contributed by atoms with Gasteiger partial charge in [-0.05, 0) is 59.0 Å². The van der Waals surface area contributed by atoms with Crippen molar-refractivity contribution in [3.8, 4) is 0 Å². The highest BCUT2D eigenvalue weighted by atomic mass is 79.9. The molecule has 1 atom stereocenters. The van der Waals surface area contributed by atoms with Crippen LogP contribution < -0.4 is 5.32 Å². The summed E-state index contributed by atoms with van der Waals surface area (Å²) in [6.45, 7) is 0. The van der Waals surface area contributed by atoms with E-state index in [1.54, 1.807) is 0 Å². The summed E-state index contributed by atoms with van der Waals surface area (Å²) in [6, 6.07) is 13.0. The van der Waals surface area contributed by atoms with E-state index in [9.17, 15) is 0 Å². The summed E-state index contributed by atoms with van der Waals surface area (Å²) in [5.74, 6) is 0. The molecule has 21 heavy (non-hydrogen) atoms. The number of hydrogen-bond donors (Lipinski definition) is 2. The predicted molar refractivity (Wildman–Crippen MR) is 89.5 cm³/mol. The number of H-pyrrole nitrogens is 1. The molecule has 1 aliphatic carbocycles. The van der Waals surface area contributed by atoms with Gasteiger partial charge in [0.25, 0.3) is 0 Å². The summed E-state index contributed by atoms with van der Waals surface area (Å²) in [5, 5.41) is 4.98. The van der Waals surface area contributed by atoms with E-state index >= 15 is 0 Å². The van der Waals surface area contributed by atoms with Crippen LogP contribution in [0.1, 0.15) is 30.1 Å². The van der Waals surface area contributed by atoms with E-state index in [0.717, 1.165) is 23.1 Å². The molecule has 0 radical (unpaired) electrons. The molecule has 4 rings (SSSR count). The van der Waals surface area contributed by atoms with Gasteiger partial charge in [0.15, 0.2) is 0 Å². The Morgan fingerprint density at radius 3 is 2.95 bits per heavy atom. The number of aromatic amines is 1. The van der Waals surface area contributed by atoms with Crippen LogP contribution in [-0.4, -0.2) is 9.97 Å². The molecule has 0 aliphatic heterocycles. The Bertz CT molecular complexity index is 776. The highest BCUT2D eigenvalue weighted by Crippen LogP contribution is 2.36. The van der Waals surface area contributed by atoms with Gasteiger partial charge in [-0.1, -0.05) is 18.2 Å². The summed E-state index contributed by atoms with van der Waals surface area (Å²) in [6.07, 6.45) is 5.41. The summed E-state index contributed by atoms with van der Waals surface area (Å²) in [7, 11) is 0. The maximum atomic E-state index is 4.29. The first-order valence-corrected chi connectivity index (χ1v) is 8.08. The third kappa shape index (κ3) is 2.33. The van der Waals surface area contributed by atoms with Gasteiger partial charge in [-0.25, -0.2) is 4.98 Å². The first-order valence-electron chi connectivity index (χ1n) is 7.29. The van der Waals surface area contributed by atoms with E-state index in [-0.39, 0.29) is 0 Å². The number of hydrogen-bond acceptors (Lipinski definition) is 2. The average molecular weight is 342 g/mol. The van der Waals surface area contributed by atoms with Crippen LogP contribution >= 0.6 is 15.9 Å². The van der Waals surface area contributed by atoms with Gasteiger partial charge in [0.1, 0.15) is 4.60 Å². The number of aryl methyl sites for hydroxylation is 1. The Labute approximate surface area is 131 Å². The second-order valence-electron chi connectivity index (χ2n) is 5.52. The number of benzene rings is 1. The molecule has 106 valence electrons. The molecule has 1 aromatic carbocycles. The van der Waals surface area contributed by atoms with Crippen LogP contribution in [0.2, 0.25) is 0 Å². The molecular weight excluding hydrogens is 326 g/mol. The monoisotopic (exact) mass is 341 g/mol. The van der Waals surface area contributed by atoms with E-state index in [1.807, 2.05) is 12.3 Å². The van der Waals surface area contributed by atoms with Gasteiger partial charge in [0, 0.05) is 16.6 Å². The van der Waals surface area contributed by atoms with Crippen molar-refractivity contribution < 1.29 is 0 Å². The smallest absolute Gasteiger partial charge is 0.106 e. The standard InChI is InChI=1S/C17H16BrN3/c18-16-9-8-11(10-19-16)20-15-7-3-5-13-12-4-1-2-6-14(12)21-17(13)15/h1-2,4,6,8-10,15,20-21H,3,5,7H2. The molecule has 0 saturated carbocycles. The maximum absolute atomic E-state index is 4.29. The molecule has 0 bridgehead atoms. The van der Waals surface area contributed by atoms with E-state index in [4.69, 9.17) is 0 Å². The molecular formula is C17H16BrN3. The lowest BCUT2D eigenvalue weighted by atomic mass is 9.91. The van der Waals surface area contributed by atoms with Crippen LogP contribution in [0.4, 0.5) is 5.69 Å². The lowest BCUT2D eigenvalue weighted by Gasteiger charge is -2.24. The van der Waals surface area contributed by atoms with Crippen molar-refractivity contribution in [3.63, 3.8) is 0 Å². The molecule has 1 unspecified atom stereocenters. The van der Waals surface area contributed by atoms with Gasteiger partial charge in [-0.3, -0.25) is 0 Å². The van der Waals surface area contributed by atoms with Crippen LogP contribution in [0.15, 0.2) is 47.2 Å².